The molecule has 0 unspecified atom stereocenters. The Hall–Kier alpha value is -2.78. The van der Waals surface area contributed by atoms with Crippen molar-refractivity contribution in [1.82, 2.24) is 10.2 Å². The average molecular weight is 625 g/mol. The highest BCUT2D eigenvalue weighted by molar-refractivity contribution is 7.92. The lowest BCUT2D eigenvalue weighted by Crippen LogP contribution is -2.56. The van der Waals surface area contributed by atoms with Gasteiger partial charge in [0.05, 0.1) is 11.9 Å². The fourth-order valence-corrected chi connectivity index (χ4v) is 5.65. The zero-order valence-electron chi connectivity index (χ0n) is 22.7. The van der Waals surface area contributed by atoms with Gasteiger partial charge in [-0.05, 0) is 56.7 Å². The number of nitrogens with one attached hydrogen (secondary N) is 1. The van der Waals surface area contributed by atoms with Gasteiger partial charge in [0, 0.05) is 39.1 Å². The summed E-state index contributed by atoms with van der Waals surface area (Å²) in [6.07, 6.45) is 1.18. The summed E-state index contributed by atoms with van der Waals surface area (Å²) in [6.45, 7) is 4.82. The second-order valence-corrected chi connectivity index (χ2v) is 13.6. The number of carbonyl (C=O) groups excluding carboxylic acids is 2. The molecular weight excluding hydrogens is 593 g/mol. The van der Waals surface area contributed by atoms with Crippen molar-refractivity contribution in [1.29, 1.82) is 0 Å². The molecule has 3 aromatic carbocycles. The van der Waals surface area contributed by atoms with Crippen molar-refractivity contribution in [2.75, 3.05) is 17.1 Å². The lowest BCUT2D eigenvalue weighted by atomic mass is 10.0. The van der Waals surface area contributed by atoms with Crippen molar-refractivity contribution in [3.63, 3.8) is 0 Å². The molecule has 0 aliphatic heterocycles. The molecule has 7 nitrogen and oxygen atoms in total. The quantitative estimate of drug-likeness (QED) is 0.301. The second kappa shape index (κ2) is 13.3. The van der Waals surface area contributed by atoms with Gasteiger partial charge in [-0.15, -0.1) is 0 Å². The van der Waals surface area contributed by atoms with E-state index in [2.05, 4.69) is 5.32 Å². The second-order valence-electron chi connectivity index (χ2n) is 10.4. The summed E-state index contributed by atoms with van der Waals surface area (Å²) in [6, 6.07) is 19.4. The SMILES string of the molecule is CC(C)(C)NC(=O)[C@H](Cc1ccccc1)N(Cc1c(Cl)cccc1Cl)C(=O)CN(c1cccc(Cl)c1)S(C)(=O)=O. The molecule has 0 bridgehead atoms. The maximum Gasteiger partial charge on any atom is 0.244 e. The van der Waals surface area contributed by atoms with Crippen LogP contribution in [0, 0.1) is 0 Å². The van der Waals surface area contributed by atoms with Crippen LogP contribution in [0.2, 0.25) is 15.1 Å². The van der Waals surface area contributed by atoms with Crippen molar-refractivity contribution in [3.8, 4) is 0 Å². The predicted molar refractivity (Wildman–Crippen MR) is 162 cm³/mol. The number of amides is 2. The minimum atomic E-state index is -3.91. The monoisotopic (exact) mass is 623 g/mol. The highest BCUT2D eigenvalue weighted by atomic mass is 35.5. The summed E-state index contributed by atoms with van der Waals surface area (Å²) in [4.78, 5) is 29.2. The van der Waals surface area contributed by atoms with Crippen molar-refractivity contribution in [2.45, 2.75) is 45.3 Å². The first-order valence-corrected chi connectivity index (χ1v) is 15.5. The van der Waals surface area contributed by atoms with E-state index in [1.54, 1.807) is 36.4 Å². The molecule has 1 N–H and O–H groups in total. The van der Waals surface area contributed by atoms with Crippen LogP contribution in [0.5, 0.6) is 0 Å². The number of hydrogen-bond acceptors (Lipinski definition) is 4. The van der Waals surface area contributed by atoms with Crippen LogP contribution in [0.1, 0.15) is 31.9 Å². The van der Waals surface area contributed by atoms with E-state index in [1.165, 1.54) is 11.0 Å². The van der Waals surface area contributed by atoms with E-state index in [0.29, 0.717) is 20.6 Å². The molecule has 0 aromatic heterocycles. The minimum absolute atomic E-state index is 0.125. The van der Waals surface area contributed by atoms with Crippen molar-refractivity contribution < 1.29 is 18.0 Å². The molecule has 214 valence electrons. The van der Waals surface area contributed by atoms with Crippen molar-refractivity contribution in [2.24, 2.45) is 0 Å². The van der Waals surface area contributed by atoms with Crippen LogP contribution in [0.3, 0.4) is 0 Å². The van der Waals surface area contributed by atoms with Gasteiger partial charge in [-0.3, -0.25) is 13.9 Å². The smallest absolute Gasteiger partial charge is 0.244 e. The number of benzene rings is 3. The zero-order chi connectivity index (χ0) is 29.7. The number of carbonyl (C=O) groups is 2. The van der Waals surface area contributed by atoms with E-state index in [0.717, 1.165) is 16.1 Å². The highest BCUT2D eigenvalue weighted by Gasteiger charge is 2.35. The van der Waals surface area contributed by atoms with Gasteiger partial charge in [-0.2, -0.15) is 0 Å². The van der Waals surface area contributed by atoms with Gasteiger partial charge < -0.3 is 10.2 Å². The lowest BCUT2D eigenvalue weighted by Gasteiger charge is -2.35. The molecule has 2 amide bonds. The first-order chi connectivity index (χ1) is 18.7. The van der Waals surface area contributed by atoms with Crippen LogP contribution < -0.4 is 9.62 Å². The van der Waals surface area contributed by atoms with Gasteiger partial charge in [0.25, 0.3) is 0 Å². The first kappa shape index (κ1) is 31.7. The molecule has 1 atom stereocenters. The third-order valence-electron chi connectivity index (χ3n) is 5.93. The van der Waals surface area contributed by atoms with Crippen molar-refractivity contribution in [3.05, 3.63) is 99.0 Å². The van der Waals surface area contributed by atoms with Crippen molar-refractivity contribution >= 4 is 62.3 Å². The molecule has 11 heteroatoms. The third-order valence-corrected chi connectivity index (χ3v) is 8.02. The average Bonchev–Trinajstić information content (AvgIpc) is 2.85. The van der Waals surface area contributed by atoms with Crippen LogP contribution >= 0.6 is 34.8 Å². The predicted octanol–water partition coefficient (Wildman–Crippen LogP) is 5.97. The van der Waals surface area contributed by atoms with Crippen LogP contribution in [0.25, 0.3) is 0 Å². The van der Waals surface area contributed by atoms with E-state index in [-0.39, 0.29) is 18.7 Å². The standard InChI is InChI=1S/C29H32Cl3N3O4S/c1-29(2,3)33-28(37)26(16-20-10-6-5-7-11-20)34(18-23-24(31)14-9-15-25(23)32)27(36)19-35(40(4,38)39)22-13-8-12-21(30)17-22/h5-15,17,26H,16,18-19H2,1-4H3,(H,33,37)/t26-/m0/s1. The molecule has 3 aromatic rings. The lowest BCUT2D eigenvalue weighted by molar-refractivity contribution is -0.140. The molecule has 0 radical (unpaired) electrons. The van der Waals surface area contributed by atoms with Gasteiger partial charge in [-0.1, -0.05) is 77.3 Å². The molecule has 0 saturated heterocycles. The Morgan fingerprint density at radius 2 is 1.50 bits per heavy atom. The number of hydrogen-bond donors (Lipinski definition) is 1. The molecule has 0 aliphatic rings. The summed E-state index contributed by atoms with van der Waals surface area (Å²) in [5.74, 6) is -1.02. The largest absolute Gasteiger partial charge is 0.350 e. The van der Waals surface area contributed by atoms with E-state index in [9.17, 15) is 18.0 Å². The fourth-order valence-electron chi connectivity index (χ4n) is 4.11. The number of rotatable bonds is 10. The van der Waals surface area contributed by atoms with Gasteiger partial charge in [0.1, 0.15) is 12.6 Å². The topological polar surface area (TPSA) is 86.8 Å². The fraction of sp³-hybridized carbons (Fsp3) is 0.310. The van der Waals surface area contributed by atoms with E-state index >= 15 is 0 Å². The van der Waals surface area contributed by atoms with Gasteiger partial charge >= 0.3 is 0 Å². The Morgan fingerprint density at radius 3 is 2.05 bits per heavy atom. The number of anilines is 1. The molecule has 40 heavy (non-hydrogen) atoms. The minimum Gasteiger partial charge on any atom is -0.350 e. The van der Waals surface area contributed by atoms with Crippen LogP contribution in [-0.4, -0.2) is 49.5 Å². The van der Waals surface area contributed by atoms with E-state index < -0.39 is 40.0 Å². The molecule has 3 rings (SSSR count). The Bertz CT molecular complexity index is 1440. The Labute approximate surface area is 251 Å². The molecule has 0 heterocycles. The van der Waals surface area contributed by atoms with Crippen LogP contribution in [0.15, 0.2) is 72.8 Å². The van der Waals surface area contributed by atoms with Crippen LogP contribution in [0.4, 0.5) is 5.69 Å². The summed E-state index contributed by atoms with van der Waals surface area (Å²) in [5.41, 5.74) is 0.879. The summed E-state index contributed by atoms with van der Waals surface area (Å²) >= 11 is 19.1. The number of nitrogens with zero attached hydrogens (tertiary/aromatic N) is 2. The summed E-state index contributed by atoms with van der Waals surface area (Å²) in [5, 5.41) is 3.90. The molecule has 0 saturated carbocycles. The maximum atomic E-state index is 14.1. The Balaban J connectivity index is 2.12. The number of sulfonamides is 1. The van der Waals surface area contributed by atoms with Gasteiger partial charge in [0.2, 0.25) is 21.8 Å². The maximum absolute atomic E-state index is 14.1. The summed E-state index contributed by atoms with van der Waals surface area (Å²) in [7, 11) is -3.91. The molecular formula is C29H32Cl3N3O4S. The van der Waals surface area contributed by atoms with Gasteiger partial charge in [-0.25, -0.2) is 8.42 Å². The highest BCUT2D eigenvalue weighted by Crippen LogP contribution is 2.28. The van der Waals surface area contributed by atoms with E-state index in [1.807, 2.05) is 51.1 Å². The normalized spacial score (nSPS) is 12.5. The zero-order valence-corrected chi connectivity index (χ0v) is 25.8. The van der Waals surface area contributed by atoms with E-state index in [4.69, 9.17) is 34.8 Å². The van der Waals surface area contributed by atoms with Gasteiger partial charge in [0.15, 0.2) is 0 Å². The summed E-state index contributed by atoms with van der Waals surface area (Å²) < 4.78 is 26.6. The number of halogens is 3. The van der Waals surface area contributed by atoms with Crippen LogP contribution in [-0.2, 0) is 32.6 Å². The Morgan fingerprint density at radius 1 is 0.900 bits per heavy atom. The molecule has 0 spiro atoms. The third kappa shape index (κ3) is 8.86. The molecule has 0 aliphatic carbocycles. The first-order valence-electron chi connectivity index (χ1n) is 12.5. The molecule has 0 fully saturated rings. The Kier molecular flexibility index (Phi) is 10.5.